The highest BCUT2D eigenvalue weighted by molar-refractivity contribution is 6.11. The number of carbonyl (C=O) groups is 1. The Labute approximate surface area is 152 Å². The van der Waals surface area contributed by atoms with Gasteiger partial charge in [-0.3, -0.25) is 4.79 Å². The van der Waals surface area contributed by atoms with Crippen molar-refractivity contribution in [3.05, 3.63) is 71.8 Å². The van der Waals surface area contributed by atoms with Crippen molar-refractivity contribution in [3.8, 4) is 11.5 Å². The van der Waals surface area contributed by atoms with Crippen molar-refractivity contribution in [2.45, 2.75) is 0 Å². The van der Waals surface area contributed by atoms with Crippen molar-refractivity contribution in [2.75, 3.05) is 26.1 Å². The lowest BCUT2D eigenvalue weighted by Crippen LogP contribution is -2.08. The fourth-order valence-electron chi connectivity index (χ4n) is 2.82. The van der Waals surface area contributed by atoms with Gasteiger partial charge in [0, 0.05) is 36.8 Å². The van der Waals surface area contributed by atoms with E-state index in [1.54, 1.807) is 25.3 Å². The van der Waals surface area contributed by atoms with Gasteiger partial charge in [-0.25, -0.2) is 0 Å². The second-order valence-corrected chi connectivity index (χ2v) is 6.20. The fourth-order valence-corrected chi connectivity index (χ4v) is 2.82. The number of ketones is 1. The summed E-state index contributed by atoms with van der Waals surface area (Å²) in [4.78, 5) is 14.5. The van der Waals surface area contributed by atoms with E-state index >= 15 is 0 Å². The monoisotopic (exact) mass is 347 g/mol. The number of rotatable bonds is 5. The lowest BCUT2D eigenvalue weighted by Gasteiger charge is -2.14. The molecule has 0 aromatic heterocycles. The summed E-state index contributed by atoms with van der Waals surface area (Å²) in [6, 6.07) is 16.7. The highest BCUT2D eigenvalue weighted by Gasteiger charge is 2.12. The molecule has 0 saturated heterocycles. The van der Waals surface area contributed by atoms with Crippen LogP contribution in [0.4, 0.5) is 5.69 Å². The van der Waals surface area contributed by atoms with Gasteiger partial charge in [0.1, 0.15) is 11.5 Å². The SMILES string of the molecule is COc1cc(N(C)C)ccc1/C=C/C(=O)c1ccc2ccccc2c1O. The summed E-state index contributed by atoms with van der Waals surface area (Å²) >= 11 is 0. The Morgan fingerprint density at radius 3 is 2.58 bits per heavy atom. The molecule has 132 valence electrons. The average molecular weight is 347 g/mol. The standard InChI is InChI=1S/C22H21NO3/c1-23(2)17-11-8-16(21(14-17)26-3)10-13-20(24)19-12-9-15-6-4-5-7-18(15)22(19)25/h4-14,25H,1-3H3/b13-10+. The number of anilines is 1. The van der Waals surface area contributed by atoms with Gasteiger partial charge in [0.05, 0.1) is 12.7 Å². The van der Waals surface area contributed by atoms with E-state index in [1.807, 2.05) is 61.5 Å². The van der Waals surface area contributed by atoms with Crippen molar-refractivity contribution in [1.29, 1.82) is 0 Å². The molecule has 0 aliphatic carbocycles. The number of benzene rings is 3. The van der Waals surface area contributed by atoms with Gasteiger partial charge < -0.3 is 14.7 Å². The highest BCUT2D eigenvalue weighted by Crippen LogP contribution is 2.30. The Morgan fingerprint density at radius 2 is 1.85 bits per heavy atom. The summed E-state index contributed by atoms with van der Waals surface area (Å²) in [5.41, 5.74) is 2.09. The average Bonchev–Trinajstić information content (AvgIpc) is 2.66. The third-order valence-electron chi connectivity index (χ3n) is 4.31. The topological polar surface area (TPSA) is 49.8 Å². The van der Waals surface area contributed by atoms with E-state index in [1.165, 1.54) is 6.08 Å². The van der Waals surface area contributed by atoms with Crippen LogP contribution in [0.2, 0.25) is 0 Å². The number of ether oxygens (including phenoxy) is 1. The Balaban J connectivity index is 1.92. The molecule has 4 nitrogen and oxygen atoms in total. The van der Waals surface area contributed by atoms with Crippen LogP contribution in [-0.4, -0.2) is 32.1 Å². The summed E-state index contributed by atoms with van der Waals surface area (Å²) in [5, 5.41) is 12.0. The highest BCUT2D eigenvalue weighted by atomic mass is 16.5. The number of aromatic hydroxyl groups is 1. The van der Waals surface area contributed by atoms with Gasteiger partial charge in [0.25, 0.3) is 0 Å². The predicted octanol–water partition coefficient (Wildman–Crippen LogP) is 4.52. The molecule has 0 radical (unpaired) electrons. The molecule has 0 fully saturated rings. The predicted molar refractivity (Wildman–Crippen MR) is 106 cm³/mol. The Hall–Kier alpha value is -3.27. The summed E-state index contributed by atoms with van der Waals surface area (Å²) in [5.74, 6) is 0.433. The molecule has 0 amide bonds. The molecule has 0 unspecified atom stereocenters. The maximum absolute atomic E-state index is 12.6. The van der Waals surface area contributed by atoms with Gasteiger partial charge in [0.2, 0.25) is 0 Å². The zero-order valence-electron chi connectivity index (χ0n) is 15.1. The number of hydrogen-bond donors (Lipinski definition) is 1. The van der Waals surface area contributed by atoms with Crippen LogP contribution in [0, 0.1) is 0 Å². The van der Waals surface area contributed by atoms with Crippen molar-refractivity contribution in [1.82, 2.24) is 0 Å². The molecule has 0 heterocycles. The minimum absolute atomic E-state index is 0.00710. The first-order valence-electron chi connectivity index (χ1n) is 8.29. The van der Waals surface area contributed by atoms with Crippen LogP contribution in [-0.2, 0) is 0 Å². The van der Waals surface area contributed by atoms with Gasteiger partial charge >= 0.3 is 0 Å². The van der Waals surface area contributed by atoms with E-state index in [0.717, 1.165) is 16.6 Å². The van der Waals surface area contributed by atoms with Crippen molar-refractivity contribution in [3.63, 3.8) is 0 Å². The molecule has 3 aromatic carbocycles. The van der Waals surface area contributed by atoms with Gasteiger partial charge in [0.15, 0.2) is 5.78 Å². The van der Waals surface area contributed by atoms with Crippen molar-refractivity contribution in [2.24, 2.45) is 0 Å². The van der Waals surface area contributed by atoms with Crippen molar-refractivity contribution < 1.29 is 14.6 Å². The van der Waals surface area contributed by atoms with Crippen LogP contribution in [0.3, 0.4) is 0 Å². The zero-order chi connectivity index (χ0) is 18.7. The number of fused-ring (bicyclic) bond motifs is 1. The van der Waals surface area contributed by atoms with E-state index in [4.69, 9.17) is 4.74 Å². The molecule has 0 spiro atoms. The minimum Gasteiger partial charge on any atom is -0.507 e. The van der Waals surface area contributed by atoms with Crippen LogP contribution >= 0.6 is 0 Å². The normalized spacial score (nSPS) is 11.0. The number of methoxy groups -OCH3 is 1. The first kappa shape index (κ1) is 17.5. The van der Waals surface area contributed by atoms with E-state index < -0.39 is 0 Å². The largest absolute Gasteiger partial charge is 0.507 e. The molecule has 0 atom stereocenters. The summed E-state index contributed by atoms with van der Waals surface area (Å²) in [6.45, 7) is 0. The first-order chi connectivity index (χ1) is 12.5. The molecule has 3 rings (SSSR count). The van der Waals surface area contributed by atoms with E-state index in [-0.39, 0.29) is 17.1 Å². The summed E-state index contributed by atoms with van der Waals surface area (Å²) in [7, 11) is 5.51. The van der Waals surface area contributed by atoms with E-state index in [2.05, 4.69) is 0 Å². The minimum atomic E-state index is -0.257. The van der Waals surface area contributed by atoms with Gasteiger partial charge in [-0.2, -0.15) is 0 Å². The number of phenols is 1. The van der Waals surface area contributed by atoms with E-state index in [9.17, 15) is 9.90 Å². The number of allylic oxidation sites excluding steroid dienone is 1. The van der Waals surface area contributed by atoms with Gasteiger partial charge in [-0.15, -0.1) is 0 Å². The molecule has 26 heavy (non-hydrogen) atoms. The quantitative estimate of drug-likeness (QED) is 0.545. The Morgan fingerprint density at radius 1 is 1.08 bits per heavy atom. The third kappa shape index (κ3) is 3.40. The van der Waals surface area contributed by atoms with Crippen LogP contribution in [0.15, 0.2) is 60.7 Å². The lowest BCUT2D eigenvalue weighted by molar-refractivity contribution is 0.104. The third-order valence-corrected chi connectivity index (χ3v) is 4.31. The Kier molecular flexibility index (Phi) is 4.94. The lowest BCUT2D eigenvalue weighted by atomic mass is 10.0. The molecule has 0 aliphatic rings. The van der Waals surface area contributed by atoms with Crippen molar-refractivity contribution >= 4 is 28.3 Å². The fraction of sp³-hybridized carbons (Fsp3) is 0.136. The number of phenolic OH excluding ortho intramolecular Hbond substituents is 1. The van der Waals surface area contributed by atoms with Gasteiger partial charge in [-0.1, -0.05) is 30.3 Å². The molecule has 3 aromatic rings. The van der Waals surface area contributed by atoms with Crippen LogP contribution < -0.4 is 9.64 Å². The second kappa shape index (κ2) is 7.31. The molecule has 0 aliphatic heterocycles. The molecule has 0 bridgehead atoms. The van der Waals surface area contributed by atoms with Crippen LogP contribution in [0.25, 0.3) is 16.8 Å². The van der Waals surface area contributed by atoms with E-state index in [0.29, 0.717) is 11.1 Å². The van der Waals surface area contributed by atoms with Gasteiger partial charge in [-0.05, 0) is 35.7 Å². The number of hydrogen-bond acceptors (Lipinski definition) is 4. The molecule has 4 heteroatoms. The second-order valence-electron chi connectivity index (χ2n) is 6.20. The summed E-state index contributed by atoms with van der Waals surface area (Å²) in [6.07, 6.45) is 3.16. The zero-order valence-corrected chi connectivity index (χ0v) is 15.1. The number of nitrogens with zero attached hydrogens (tertiary/aromatic N) is 1. The molecule has 0 saturated carbocycles. The first-order valence-corrected chi connectivity index (χ1v) is 8.29. The number of carbonyl (C=O) groups excluding carboxylic acids is 1. The smallest absolute Gasteiger partial charge is 0.189 e. The van der Waals surface area contributed by atoms with Crippen LogP contribution in [0.5, 0.6) is 11.5 Å². The van der Waals surface area contributed by atoms with Crippen LogP contribution in [0.1, 0.15) is 15.9 Å². The Bertz CT molecular complexity index is 990. The molecule has 1 N–H and O–H groups in total. The molecular weight excluding hydrogens is 326 g/mol. The maximum Gasteiger partial charge on any atom is 0.189 e. The molecular formula is C22H21NO3. The summed E-state index contributed by atoms with van der Waals surface area (Å²) < 4.78 is 5.42. The maximum atomic E-state index is 12.6.